The number of methoxy groups -OCH3 is 1. The Morgan fingerprint density at radius 3 is 2.31 bits per heavy atom. The van der Waals surface area contributed by atoms with Gasteiger partial charge >= 0.3 is 5.69 Å². The lowest BCUT2D eigenvalue weighted by molar-refractivity contribution is -0.0243. The van der Waals surface area contributed by atoms with E-state index >= 15 is 0 Å². The third-order valence-electron chi connectivity index (χ3n) is 6.36. The maximum absolute atomic E-state index is 12.4. The van der Waals surface area contributed by atoms with Gasteiger partial charge in [-0.1, -0.05) is 57.8 Å². The standard InChI is InChI=1S/C25H40N2O5/c1-30-16-12-10-8-6-4-2-3-5-7-9-11-13-21-17-20-18-27(25(29)26-24(20)32-21)23-15-14-22(19-28)31-23/h17-18,22-23,28H,2-16,19H2,1H3/t22-,23+/m1/s1. The Morgan fingerprint density at radius 1 is 1.03 bits per heavy atom. The molecule has 1 fully saturated rings. The quantitative estimate of drug-likeness (QED) is 0.358. The predicted molar refractivity (Wildman–Crippen MR) is 125 cm³/mol. The normalized spacial score (nSPS) is 18.7. The van der Waals surface area contributed by atoms with Crippen molar-refractivity contribution in [1.82, 2.24) is 9.55 Å². The second-order valence-corrected chi connectivity index (χ2v) is 9.01. The Bertz CT molecular complexity index is 846. The van der Waals surface area contributed by atoms with Crippen LogP contribution in [0.25, 0.3) is 11.1 Å². The van der Waals surface area contributed by atoms with Gasteiger partial charge in [0.2, 0.25) is 5.71 Å². The van der Waals surface area contributed by atoms with Crippen molar-refractivity contribution in [1.29, 1.82) is 0 Å². The van der Waals surface area contributed by atoms with E-state index < -0.39 is 0 Å². The van der Waals surface area contributed by atoms with Crippen LogP contribution in [0.4, 0.5) is 0 Å². The molecule has 2 aromatic heterocycles. The van der Waals surface area contributed by atoms with Gasteiger partial charge in [0.05, 0.1) is 18.1 Å². The highest BCUT2D eigenvalue weighted by Gasteiger charge is 2.27. The van der Waals surface area contributed by atoms with Gasteiger partial charge in [-0.05, 0) is 31.7 Å². The number of ether oxygens (including phenoxy) is 2. The molecule has 0 saturated carbocycles. The molecule has 7 heteroatoms. The lowest BCUT2D eigenvalue weighted by atomic mass is 10.0. The fraction of sp³-hybridized carbons (Fsp3) is 0.760. The minimum atomic E-state index is -0.364. The molecule has 0 spiro atoms. The molecule has 1 aliphatic heterocycles. The highest BCUT2D eigenvalue weighted by atomic mass is 16.5. The average Bonchev–Trinajstić information content (AvgIpc) is 3.42. The summed E-state index contributed by atoms with van der Waals surface area (Å²) in [5, 5.41) is 10.1. The Morgan fingerprint density at radius 2 is 1.69 bits per heavy atom. The third-order valence-corrected chi connectivity index (χ3v) is 6.36. The SMILES string of the molecule is COCCCCCCCCCCCCCc1cc2cn([C@@H]3CC[C@H](CO)O3)c(=O)nc2o1. The fourth-order valence-corrected chi connectivity index (χ4v) is 4.47. The van der Waals surface area contributed by atoms with Crippen molar-refractivity contribution < 1.29 is 19.0 Å². The fourth-order valence-electron chi connectivity index (χ4n) is 4.47. The molecule has 1 saturated heterocycles. The molecule has 0 aliphatic carbocycles. The number of fused-ring (bicyclic) bond motifs is 1. The first-order valence-corrected chi connectivity index (χ1v) is 12.5. The van der Waals surface area contributed by atoms with Crippen LogP contribution < -0.4 is 5.69 Å². The minimum absolute atomic E-state index is 0.0217. The summed E-state index contributed by atoms with van der Waals surface area (Å²) in [5.41, 5.74) is 0.0390. The first-order chi connectivity index (χ1) is 15.7. The minimum Gasteiger partial charge on any atom is -0.443 e. The molecule has 32 heavy (non-hydrogen) atoms. The largest absolute Gasteiger partial charge is 0.443 e. The van der Waals surface area contributed by atoms with E-state index in [1.165, 1.54) is 68.8 Å². The van der Waals surface area contributed by atoms with E-state index in [-0.39, 0.29) is 24.6 Å². The summed E-state index contributed by atoms with van der Waals surface area (Å²) in [5.74, 6) is 0.888. The zero-order valence-electron chi connectivity index (χ0n) is 19.6. The molecule has 7 nitrogen and oxygen atoms in total. The molecule has 3 heterocycles. The average molecular weight is 449 g/mol. The summed E-state index contributed by atoms with van der Waals surface area (Å²) >= 11 is 0. The Balaban J connectivity index is 1.31. The lowest BCUT2D eigenvalue weighted by Crippen LogP contribution is -2.27. The van der Waals surface area contributed by atoms with Crippen molar-refractivity contribution in [3.8, 4) is 0 Å². The van der Waals surface area contributed by atoms with E-state index in [0.717, 1.165) is 37.0 Å². The Hall–Kier alpha value is -1.70. The van der Waals surface area contributed by atoms with Gasteiger partial charge in [-0.2, -0.15) is 4.98 Å². The van der Waals surface area contributed by atoms with Crippen LogP contribution in [0.15, 0.2) is 21.5 Å². The van der Waals surface area contributed by atoms with Crippen molar-refractivity contribution in [3.05, 3.63) is 28.5 Å². The molecule has 0 radical (unpaired) electrons. The molecule has 1 aliphatic rings. The molecular formula is C25H40N2O5. The van der Waals surface area contributed by atoms with Crippen LogP contribution in [-0.2, 0) is 15.9 Å². The molecule has 0 bridgehead atoms. The second-order valence-electron chi connectivity index (χ2n) is 9.01. The summed E-state index contributed by atoms with van der Waals surface area (Å²) in [6.45, 7) is 0.873. The molecule has 3 rings (SSSR count). The van der Waals surface area contributed by atoms with Crippen LogP contribution in [0.3, 0.4) is 0 Å². The highest BCUT2D eigenvalue weighted by Crippen LogP contribution is 2.28. The number of aliphatic hydroxyl groups is 1. The van der Waals surface area contributed by atoms with Crippen molar-refractivity contribution in [2.75, 3.05) is 20.3 Å². The maximum atomic E-state index is 12.4. The monoisotopic (exact) mass is 448 g/mol. The van der Waals surface area contributed by atoms with Crippen LogP contribution in [0, 0.1) is 0 Å². The topological polar surface area (TPSA) is 86.7 Å². The van der Waals surface area contributed by atoms with Crippen LogP contribution in [0.1, 0.15) is 95.5 Å². The number of nitrogens with zero attached hydrogens (tertiary/aromatic N) is 2. The molecule has 1 N–H and O–H groups in total. The zero-order valence-corrected chi connectivity index (χ0v) is 19.6. The van der Waals surface area contributed by atoms with Gasteiger partial charge in [0, 0.05) is 26.3 Å². The van der Waals surface area contributed by atoms with Gasteiger partial charge in [-0.15, -0.1) is 0 Å². The highest BCUT2D eigenvalue weighted by molar-refractivity contribution is 5.72. The second kappa shape index (κ2) is 13.8. The molecule has 2 aromatic rings. The maximum Gasteiger partial charge on any atom is 0.353 e. The van der Waals surface area contributed by atoms with Crippen molar-refractivity contribution in [2.24, 2.45) is 0 Å². The van der Waals surface area contributed by atoms with Crippen molar-refractivity contribution in [2.45, 2.75) is 102 Å². The smallest absolute Gasteiger partial charge is 0.353 e. The van der Waals surface area contributed by atoms with Gasteiger partial charge in [-0.3, -0.25) is 4.57 Å². The number of hydrogen-bond donors (Lipinski definition) is 1. The lowest BCUT2D eigenvalue weighted by Gasteiger charge is -2.14. The van der Waals surface area contributed by atoms with Crippen molar-refractivity contribution in [3.63, 3.8) is 0 Å². The summed E-state index contributed by atoms with van der Waals surface area (Å²) < 4.78 is 18.1. The van der Waals surface area contributed by atoms with Gasteiger partial charge in [0.25, 0.3) is 0 Å². The number of hydrogen-bond acceptors (Lipinski definition) is 6. The van der Waals surface area contributed by atoms with Crippen LogP contribution in [0.2, 0.25) is 0 Å². The molecule has 2 atom stereocenters. The number of unbranched alkanes of at least 4 members (excludes halogenated alkanes) is 10. The summed E-state index contributed by atoms with van der Waals surface area (Å²) in [6.07, 6.45) is 17.6. The van der Waals surface area contributed by atoms with Crippen molar-refractivity contribution >= 4 is 11.1 Å². The number of aliphatic hydroxyl groups excluding tert-OH is 1. The number of furan rings is 1. The van der Waals surface area contributed by atoms with Crippen LogP contribution in [-0.4, -0.2) is 41.1 Å². The van der Waals surface area contributed by atoms with Crippen LogP contribution >= 0.6 is 0 Å². The van der Waals surface area contributed by atoms with Gasteiger partial charge in [0.1, 0.15) is 12.0 Å². The zero-order chi connectivity index (χ0) is 22.6. The first kappa shape index (κ1) is 24.9. The Labute approximate surface area is 191 Å². The molecular weight excluding hydrogens is 408 g/mol. The molecule has 0 unspecified atom stereocenters. The van der Waals surface area contributed by atoms with E-state index in [9.17, 15) is 9.90 Å². The number of rotatable bonds is 16. The van der Waals surface area contributed by atoms with Gasteiger partial charge < -0.3 is 19.0 Å². The van der Waals surface area contributed by atoms with E-state index in [4.69, 9.17) is 13.9 Å². The molecule has 0 amide bonds. The predicted octanol–water partition coefficient (Wildman–Crippen LogP) is 5.14. The van der Waals surface area contributed by atoms with E-state index in [0.29, 0.717) is 12.1 Å². The van der Waals surface area contributed by atoms with E-state index in [1.807, 2.05) is 6.07 Å². The van der Waals surface area contributed by atoms with Gasteiger partial charge in [-0.25, -0.2) is 4.79 Å². The Kier molecular flexibility index (Phi) is 10.7. The summed E-state index contributed by atoms with van der Waals surface area (Å²) in [6, 6.07) is 1.99. The first-order valence-electron chi connectivity index (χ1n) is 12.5. The van der Waals surface area contributed by atoms with Gasteiger partial charge in [0.15, 0.2) is 0 Å². The van der Waals surface area contributed by atoms with E-state index in [2.05, 4.69) is 4.98 Å². The number of aromatic nitrogens is 2. The van der Waals surface area contributed by atoms with Crippen LogP contribution in [0.5, 0.6) is 0 Å². The summed E-state index contributed by atoms with van der Waals surface area (Å²) in [4.78, 5) is 16.5. The molecule has 180 valence electrons. The summed E-state index contributed by atoms with van der Waals surface area (Å²) in [7, 11) is 1.77. The molecule has 0 aromatic carbocycles. The third kappa shape index (κ3) is 7.71. The number of aryl methyl sites for hydroxylation is 1. The van der Waals surface area contributed by atoms with E-state index in [1.54, 1.807) is 13.3 Å².